The largest absolute Gasteiger partial charge is 0.376 e. The first kappa shape index (κ1) is 27.3. The number of hydrogen-bond donors (Lipinski definition) is 1. The molecule has 0 aromatic heterocycles. The molecule has 196 valence electrons. The van der Waals surface area contributed by atoms with Crippen molar-refractivity contribution in [2.45, 2.75) is 37.5 Å². The van der Waals surface area contributed by atoms with Crippen LogP contribution in [0.3, 0.4) is 0 Å². The van der Waals surface area contributed by atoms with Gasteiger partial charge in [0.15, 0.2) is 5.60 Å². The maximum atomic E-state index is 14.7. The van der Waals surface area contributed by atoms with Crippen molar-refractivity contribution in [3.63, 3.8) is 0 Å². The average Bonchev–Trinajstić information content (AvgIpc) is 3.41. The van der Waals surface area contributed by atoms with Gasteiger partial charge in [-0.1, -0.05) is 72.8 Å². The molecule has 0 unspecified atom stereocenters. The predicted molar refractivity (Wildman–Crippen MR) is 144 cm³/mol. The second-order valence-electron chi connectivity index (χ2n) is 9.52. The van der Waals surface area contributed by atoms with E-state index in [9.17, 15) is 23.9 Å². The molecule has 5 nitrogen and oxygen atoms in total. The summed E-state index contributed by atoms with van der Waals surface area (Å²) >= 11 is 6.34. The smallest absolute Gasteiger partial charge is 0.291 e. The second kappa shape index (κ2) is 10.9. The number of carbonyl (C=O) groups excluding carboxylic acids is 1. The summed E-state index contributed by atoms with van der Waals surface area (Å²) in [5.74, 6) is -3.65. The molecule has 3 aromatic carbocycles. The van der Waals surface area contributed by atoms with E-state index in [4.69, 9.17) is 11.6 Å². The van der Waals surface area contributed by atoms with Crippen molar-refractivity contribution in [3.05, 3.63) is 113 Å². The third-order valence-electron chi connectivity index (χ3n) is 7.02. The van der Waals surface area contributed by atoms with Crippen molar-refractivity contribution < 1.29 is 18.7 Å². The molecule has 1 aliphatic heterocycles. The number of halogens is 3. The topological polar surface area (TPSA) is 67.6 Å². The maximum absolute atomic E-state index is 14.7. The van der Waals surface area contributed by atoms with Crippen LogP contribution >= 0.6 is 11.6 Å². The molecule has 0 radical (unpaired) electrons. The fraction of sp³-hybridized carbons (Fsp3) is 0.267. The third-order valence-corrected chi connectivity index (χ3v) is 7.33. The highest BCUT2D eigenvalue weighted by molar-refractivity contribution is 6.32. The number of aliphatic hydroxyl groups is 1. The van der Waals surface area contributed by atoms with Crippen molar-refractivity contribution in [2.24, 2.45) is 0 Å². The van der Waals surface area contributed by atoms with Crippen LogP contribution in [0.4, 0.5) is 14.5 Å². The first-order valence-corrected chi connectivity index (χ1v) is 12.6. The molecular weight excluding hydrogens is 508 g/mol. The number of carbonyl (C=O) groups is 1. The van der Waals surface area contributed by atoms with Crippen LogP contribution in [0.15, 0.2) is 85.5 Å². The summed E-state index contributed by atoms with van der Waals surface area (Å²) in [5.41, 5.74) is -0.0329. The minimum absolute atomic E-state index is 0.115. The van der Waals surface area contributed by atoms with E-state index in [0.717, 1.165) is 0 Å². The molecule has 1 aliphatic rings. The van der Waals surface area contributed by atoms with Gasteiger partial charge in [-0.05, 0) is 48.7 Å². The lowest BCUT2D eigenvalue weighted by molar-refractivity contribution is -0.149. The third kappa shape index (κ3) is 5.42. The number of anilines is 1. The van der Waals surface area contributed by atoms with Gasteiger partial charge in [0.25, 0.3) is 11.8 Å². The Morgan fingerprint density at radius 3 is 2.55 bits per heavy atom. The summed E-state index contributed by atoms with van der Waals surface area (Å²) in [6.07, 6.45) is 1.17. The Morgan fingerprint density at radius 1 is 1.21 bits per heavy atom. The number of alkyl halides is 2. The zero-order valence-electron chi connectivity index (χ0n) is 20.9. The van der Waals surface area contributed by atoms with Crippen LogP contribution in [0.1, 0.15) is 35.6 Å². The first-order chi connectivity index (χ1) is 18.1. The van der Waals surface area contributed by atoms with Crippen molar-refractivity contribution >= 4 is 23.2 Å². The van der Waals surface area contributed by atoms with E-state index < -0.39 is 17.4 Å². The van der Waals surface area contributed by atoms with Gasteiger partial charge in [0.05, 0.1) is 10.6 Å². The summed E-state index contributed by atoms with van der Waals surface area (Å²) < 4.78 is 29.4. The molecule has 38 heavy (non-hydrogen) atoms. The standard InChI is InChI=1S/C30H28ClF2N3O2/c1-3-30(32,33)26-12-8-7-9-22(26)19-36(24-14-13-21(18-34)27(31)17-24)25-15-16-35(20-25)28(37)29(2,38)23-10-5-4-6-11-23/h3-14,17,25,38H,1,15-16,19-20H2,2H3/t25-,29+/m0/s1. The highest BCUT2D eigenvalue weighted by Gasteiger charge is 2.41. The SMILES string of the molecule is C=CC(F)(F)c1ccccc1CN(c1ccc(C#N)c(Cl)c1)[C@H]1CCN(C(=O)[C@](C)(O)c2ccccc2)C1. The van der Waals surface area contributed by atoms with Crippen LogP contribution in [0.5, 0.6) is 0 Å². The summed E-state index contributed by atoms with van der Waals surface area (Å²) in [5, 5.41) is 20.6. The second-order valence-corrected chi connectivity index (χ2v) is 9.93. The normalized spacial score (nSPS) is 16.9. The van der Waals surface area contributed by atoms with Crippen molar-refractivity contribution in [1.82, 2.24) is 4.90 Å². The fourth-order valence-corrected chi connectivity index (χ4v) is 5.07. The minimum Gasteiger partial charge on any atom is -0.376 e. The molecule has 4 rings (SSSR count). The van der Waals surface area contributed by atoms with Crippen LogP contribution in [0.25, 0.3) is 0 Å². The quantitative estimate of drug-likeness (QED) is 0.359. The molecule has 1 amide bonds. The van der Waals surface area contributed by atoms with Crippen molar-refractivity contribution in [2.75, 3.05) is 18.0 Å². The zero-order chi connectivity index (χ0) is 27.5. The monoisotopic (exact) mass is 535 g/mol. The Labute approximate surface area is 226 Å². The molecule has 1 fully saturated rings. The van der Waals surface area contributed by atoms with Crippen LogP contribution in [0, 0.1) is 11.3 Å². The van der Waals surface area contributed by atoms with E-state index in [2.05, 4.69) is 6.58 Å². The van der Waals surface area contributed by atoms with Crippen LogP contribution in [-0.2, 0) is 22.9 Å². The van der Waals surface area contributed by atoms with E-state index >= 15 is 0 Å². The Kier molecular flexibility index (Phi) is 7.86. The van der Waals surface area contributed by atoms with Crippen molar-refractivity contribution in [3.8, 4) is 6.07 Å². The number of nitrogens with zero attached hydrogens (tertiary/aromatic N) is 3. The molecule has 0 aliphatic carbocycles. The van der Waals surface area contributed by atoms with E-state index in [1.54, 1.807) is 65.6 Å². The van der Waals surface area contributed by atoms with Crippen LogP contribution in [-0.4, -0.2) is 35.0 Å². The van der Waals surface area contributed by atoms with E-state index in [0.29, 0.717) is 41.4 Å². The Hall–Kier alpha value is -3.73. The molecular formula is C30H28ClF2N3O2. The van der Waals surface area contributed by atoms with E-state index in [-0.39, 0.29) is 29.7 Å². The van der Waals surface area contributed by atoms with Gasteiger partial charge in [-0.25, -0.2) is 0 Å². The van der Waals surface area contributed by atoms with Gasteiger partial charge in [-0.15, -0.1) is 0 Å². The highest BCUT2D eigenvalue weighted by Crippen LogP contribution is 2.35. The van der Waals surface area contributed by atoms with Gasteiger partial charge >= 0.3 is 0 Å². The number of amides is 1. The number of benzene rings is 3. The zero-order valence-corrected chi connectivity index (χ0v) is 21.7. The molecule has 8 heteroatoms. The fourth-order valence-electron chi connectivity index (χ4n) is 4.86. The molecule has 0 bridgehead atoms. The number of allylic oxidation sites excluding steroid dienone is 1. The van der Waals surface area contributed by atoms with Crippen LogP contribution in [0.2, 0.25) is 5.02 Å². The number of hydrogen-bond acceptors (Lipinski definition) is 4. The summed E-state index contributed by atoms with van der Waals surface area (Å²) in [6, 6.07) is 21.7. The number of likely N-dealkylation sites (tertiary alicyclic amines) is 1. The summed E-state index contributed by atoms with van der Waals surface area (Å²) in [4.78, 5) is 16.9. The Balaban J connectivity index is 1.67. The van der Waals surface area contributed by atoms with Crippen LogP contribution < -0.4 is 4.90 Å². The Morgan fingerprint density at radius 2 is 1.89 bits per heavy atom. The lowest BCUT2D eigenvalue weighted by Crippen LogP contribution is -2.46. The highest BCUT2D eigenvalue weighted by atomic mass is 35.5. The molecule has 1 N–H and O–H groups in total. The molecule has 3 aromatic rings. The summed E-state index contributed by atoms with van der Waals surface area (Å²) in [6.45, 7) is 5.55. The summed E-state index contributed by atoms with van der Waals surface area (Å²) in [7, 11) is 0. The van der Waals surface area contributed by atoms with E-state index in [1.807, 2.05) is 17.0 Å². The molecule has 1 saturated heterocycles. The van der Waals surface area contributed by atoms with Gasteiger partial charge in [0, 0.05) is 36.9 Å². The number of nitriles is 1. The molecule has 2 atom stereocenters. The molecule has 1 heterocycles. The van der Waals surface area contributed by atoms with Gasteiger partial charge in [-0.2, -0.15) is 14.0 Å². The predicted octanol–water partition coefficient (Wildman–Crippen LogP) is 6.00. The molecule has 0 saturated carbocycles. The van der Waals surface area contributed by atoms with Gasteiger partial charge in [0.1, 0.15) is 6.07 Å². The Bertz CT molecular complexity index is 1370. The van der Waals surface area contributed by atoms with Gasteiger partial charge in [0.2, 0.25) is 0 Å². The first-order valence-electron chi connectivity index (χ1n) is 12.2. The average molecular weight is 536 g/mol. The minimum atomic E-state index is -3.23. The number of rotatable bonds is 8. The van der Waals surface area contributed by atoms with E-state index in [1.165, 1.54) is 13.0 Å². The van der Waals surface area contributed by atoms with Gasteiger partial charge < -0.3 is 14.9 Å². The molecule has 0 spiro atoms. The van der Waals surface area contributed by atoms with Gasteiger partial charge in [-0.3, -0.25) is 4.79 Å². The lowest BCUT2D eigenvalue weighted by atomic mass is 9.94. The van der Waals surface area contributed by atoms with Crippen molar-refractivity contribution in [1.29, 1.82) is 5.26 Å². The maximum Gasteiger partial charge on any atom is 0.291 e. The lowest BCUT2D eigenvalue weighted by Gasteiger charge is -2.34.